The summed E-state index contributed by atoms with van der Waals surface area (Å²) in [6.07, 6.45) is 4.93. The minimum atomic E-state index is -0.0661. The van der Waals surface area contributed by atoms with Crippen LogP contribution < -0.4 is 10.6 Å². The zero-order chi connectivity index (χ0) is 12.3. The molecule has 2 heterocycles. The van der Waals surface area contributed by atoms with Crippen LogP contribution in [0.3, 0.4) is 0 Å². The van der Waals surface area contributed by atoms with E-state index in [9.17, 15) is 4.79 Å². The van der Waals surface area contributed by atoms with E-state index in [4.69, 9.17) is 0 Å². The Balaban J connectivity index is 1.94. The Bertz CT molecular complexity index is 388. The molecule has 5 nitrogen and oxygen atoms in total. The van der Waals surface area contributed by atoms with Crippen molar-refractivity contribution >= 4 is 11.7 Å². The summed E-state index contributed by atoms with van der Waals surface area (Å²) in [6, 6.07) is 1.74. The van der Waals surface area contributed by atoms with Gasteiger partial charge in [0.15, 0.2) is 0 Å². The van der Waals surface area contributed by atoms with Crippen LogP contribution in [0.15, 0.2) is 12.3 Å². The molecule has 0 spiro atoms. The minimum absolute atomic E-state index is 0.0479. The van der Waals surface area contributed by atoms with Gasteiger partial charge in [0.25, 0.3) is 0 Å². The highest BCUT2D eigenvalue weighted by Gasteiger charge is 2.26. The van der Waals surface area contributed by atoms with Crippen molar-refractivity contribution in [3.8, 4) is 0 Å². The molecule has 17 heavy (non-hydrogen) atoms. The maximum atomic E-state index is 12.1. The lowest BCUT2D eigenvalue weighted by molar-refractivity contribution is -0.119. The molecule has 1 aromatic heterocycles. The number of hydrogen-bond acceptors (Lipinski definition) is 3. The molecule has 0 saturated carbocycles. The van der Waals surface area contributed by atoms with Crippen molar-refractivity contribution in [2.45, 2.75) is 32.2 Å². The molecule has 1 amide bonds. The first-order valence-electron chi connectivity index (χ1n) is 6.23. The molecule has 0 aliphatic carbocycles. The van der Waals surface area contributed by atoms with Crippen molar-refractivity contribution in [3.05, 3.63) is 12.3 Å². The second-order valence-corrected chi connectivity index (χ2v) is 4.63. The van der Waals surface area contributed by atoms with E-state index < -0.39 is 0 Å². The van der Waals surface area contributed by atoms with Crippen LogP contribution in [0.4, 0.5) is 5.82 Å². The normalized spacial score (nSPS) is 24.6. The average molecular weight is 236 g/mol. The molecule has 0 aromatic carbocycles. The maximum absolute atomic E-state index is 12.1. The Morgan fingerprint density at radius 3 is 3.18 bits per heavy atom. The van der Waals surface area contributed by atoms with Crippen molar-refractivity contribution in [2.24, 2.45) is 13.0 Å². The number of nitrogens with one attached hydrogen (secondary N) is 2. The number of aromatic nitrogens is 2. The Kier molecular flexibility index (Phi) is 3.78. The Labute approximate surface area is 102 Å². The quantitative estimate of drug-likeness (QED) is 0.827. The number of aryl methyl sites for hydroxylation is 1. The van der Waals surface area contributed by atoms with Gasteiger partial charge in [0.05, 0.1) is 12.2 Å². The summed E-state index contributed by atoms with van der Waals surface area (Å²) in [4.78, 5) is 12.1. The smallest absolute Gasteiger partial charge is 0.242 e. The molecule has 1 fully saturated rings. The summed E-state index contributed by atoms with van der Waals surface area (Å²) in [5.41, 5.74) is 0. The lowest BCUT2D eigenvalue weighted by Gasteiger charge is -2.28. The number of anilines is 1. The first-order chi connectivity index (χ1) is 8.20. The lowest BCUT2D eigenvalue weighted by atomic mass is 9.90. The predicted molar refractivity (Wildman–Crippen MR) is 66.6 cm³/mol. The minimum Gasteiger partial charge on any atom is -0.310 e. The Hall–Kier alpha value is -1.36. The topological polar surface area (TPSA) is 59.0 Å². The fourth-order valence-electron chi connectivity index (χ4n) is 2.28. The van der Waals surface area contributed by atoms with Gasteiger partial charge < -0.3 is 10.6 Å². The zero-order valence-corrected chi connectivity index (χ0v) is 10.4. The molecule has 1 aliphatic rings. The molecule has 1 saturated heterocycles. The van der Waals surface area contributed by atoms with E-state index in [-0.39, 0.29) is 11.9 Å². The maximum Gasteiger partial charge on any atom is 0.242 e. The van der Waals surface area contributed by atoms with Crippen molar-refractivity contribution in [1.29, 1.82) is 0 Å². The van der Waals surface area contributed by atoms with E-state index in [0.29, 0.717) is 5.92 Å². The SMILES string of the molecule is CCC1CCNC(C(=O)Nc2ccnn2C)C1. The third kappa shape index (κ3) is 2.85. The number of piperidine rings is 1. The van der Waals surface area contributed by atoms with Gasteiger partial charge in [-0.25, -0.2) is 0 Å². The van der Waals surface area contributed by atoms with Crippen molar-refractivity contribution in [3.63, 3.8) is 0 Å². The van der Waals surface area contributed by atoms with E-state index >= 15 is 0 Å². The van der Waals surface area contributed by atoms with Gasteiger partial charge in [-0.15, -0.1) is 0 Å². The second-order valence-electron chi connectivity index (χ2n) is 4.63. The Morgan fingerprint density at radius 2 is 2.53 bits per heavy atom. The molecule has 1 aromatic rings. The van der Waals surface area contributed by atoms with Crippen LogP contribution >= 0.6 is 0 Å². The third-order valence-corrected chi connectivity index (χ3v) is 3.48. The van der Waals surface area contributed by atoms with Crippen molar-refractivity contribution in [1.82, 2.24) is 15.1 Å². The molecular weight excluding hydrogens is 216 g/mol. The van der Waals surface area contributed by atoms with E-state index in [1.807, 2.05) is 7.05 Å². The summed E-state index contributed by atoms with van der Waals surface area (Å²) in [7, 11) is 1.82. The fraction of sp³-hybridized carbons (Fsp3) is 0.667. The lowest BCUT2D eigenvalue weighted by Crippen LogP contribution is -2.46. The zero-order valence-electron chi connectivity index (χ0n) is 10.4. The van der Waals surface area contributed by atoms with Crippen LogP contribution in [0.1, 0.15) is 26.2 Å². The van der Waals surface area contributed by atoms with Gasteiger partial charge in [0.1, 0.15) is 5.82 Å². The first kappa shape index (κ1) is 12.1. The molecule has 2 unspecified atom stereocenters. The van der Waals surface area contributed by atoms with Gasteiger partial charge >= 0.3 is 0 Å². The van der Waals surface area contributed by atoms with Gasteiger partial charge in [-0.2, -0.15) is 5.10 Å². The van der Waals surface area contributed by atoms with E-state index in [1.165, 1.54) is 6.42 Å². The van der Waals surface area contributed by atoms with Crippen molar-refractivity contribution < 1.29 is 4.79 Å². The number of carbonyl (C=O) groups excluding carboxylic acids is 1. The van der Waals surface area contributed by atoms with Crippen LogP contribution in [0.2, 0.25) is 0 Å². The van der Waals surface area contributed by atoms with E-state index in [1.54, 1.807) is 16.9 Å². The number of hydrogen-bond donors (Lipinski definition) is 2. The van der Waals surface area contributed by atoms with Crippen LogP contribution in [0.5, 0.6) is 0 Å². The van der Waals surface area contributed by atoms with Crippen LogP contribution in [-0.2, 0) is 11.8 Å². The fourth-order valence-corrected chi connectivity index (χ4v) is 2.28. The van der Waals surface area contributed by atoms with Crippen molar-refractivity contribution in [2.75, 3.05) is 11.9 Å². The molecule has 1 aliphatic heterocycles. The van der Waals surface area contributed by atoms with Crippen LogP contribution in [-0.4, -0.2) is 28.3 Å². The molecule has 0 bridgehead atoms. The van der Waals surface area contributed by atoms with Crippen LogP contribution in [0.25, 0.3) is 0 Å². The molecule has 2 atom stereocenters. The highest BCUT2D eigenvalue weighted by atomic mass is 16.2. The second kappa shape index (κ2) is 5.31. The van der Waals surface area contributed by atoms with Crippen LogP contribution in [0, 0.1) is 5.92 Å². The molecule has 2 N–H and O–H groups in total. The molecule has 5 heteroatoms. The molecular formula is C12H20N4O. The van der Waals surface area contributed by atoms with Gasteiger partial charge in [-0.1, -0.05) is 13.3 Å². The summed E-state index contributed by atoms with van der Waals surface area (Å²) >= 11 is 0. The monoisotopic (exact) mass is 236 g/mol. The summed E-state index contributed by atoms with van der Waals surface area (Å²) in [5, 5.41) is 10.2. The highest BCUT2D eigenvalue weighted by molar-refractivity contribution is 5.94. The highest BCUT2D eigenvalue weighted by Crippen LogP contribution is 2.20. The Morgan fingerprint density at radius 1 is 1.71 bits per heavy atom. The van der Waals surface area contributed by atoms with Gasteiger partial charge in [0.2, 0.25) is 5.91 Å². The standard InChI is InChI=1S/C12H20N4O/c1-3-9-4-6-13-10(8-9)12(17)15-11-5-7-14-16(11)2/h5,7,9-10,13H,3-4,6,8H2,1-2H3,(H,15,17). The van der Waals surface area contributed by atoms with E-state index in [0.717, 1.165) is 25.2 Å². The number of carbonyl (C=O) groups is 1. The predicted octanol–water partition coefficient (Wildman–Crippen LogP) is 1.14. The van der Waals surface area contributed by atoms with Gasteiger partial charge in [-0.3, -0.25) is 9.48 Å². The van der Waals surface area contributed by atoms with Gasteiger partial charge in [0, 0.05) is 13.1 Å². The largest absolute Gasteiger partial charge is 0.310 e. The molecule has 2 rings (SSSR count). The third-order valence-electron chi connectivity index (χ3n) is 3.48. The summed E-state index contributed by atoms with van der Waals surface area (Å²) < 4.78 is 1.66. The molecule has 94 valence electrons. The number of amides is 1. The first-order valence-corrected chi connectivity index (χ1v) is 6.23. The van der Waals surface area contributed by atoms with Gasteiger partial charge in [-0.05, 0) is 25.3 Å². The number of rotatable bonds is 3. The van der Waals surface area contributed by atoms with E-state index in [2.05, 4.69) is 22.7 Å². The summed E-state index contributed by atoms with van der Waals surface area (Å²) in [6.45, 7) is 3.12. The number of nitrogens with zero attached hydrogens (tertiary/aromatic N) is 2. The summed E-state index contributed by atoms with van der Waals surface area (Å²) in [5.74, 6) is 1.46. The molecule has 0 radical (unpaired) electrons. The average Bonchev–Trinajstić information content (AvgIpc) is 2.75.